The normalized spacial score (nSPS) is 14.0. The van der Waals surface area contributed by atoms with Gasteiger partial charge in [-0.25, -0.2) is 14.8 Å². The fourth-order valence-corrected chi connectivity index (χ4v) is 4.19. The smallest absolute Gasteiger partial charge is 0.335 e. The first-order chi connectivity index (χ1) is 17.4. The summed E-state index contributed by atoms with van der Waals surface area (Å²) in [7, 11) is 3.88. The highest BCUT2D eigenvalue weighted by Gasteiger charge is 2.35. The van der Waals surface area contributed by atoms with Crippen molar-refractivity contribution in [2.45, 2.75) is 6.04 Å². The molecule has 0 atom stereocenters. The quantitative estimate of drug-likeness (QED) is 0.400. The van der Waals surface area contributed by atoms with E-state index in [1.807, 2.05) is 55.4 Å². The van der Waals surface area contributed by atoms with Crippen molar-refractivity contribution in [1.82, 2.24) is 28.9 Å². The number of amides is 1. The maximum Gasteiger partial charge on any atom is 0.335 e. The number of anilines is 1. The number of nitrogen functional groups attached to an aromatic ring is 1. The molecule has 0 saturated carbocycles. The molecule has 2 aromatic heterocycles. The minimum atomic E-state index is -0.283. The van der Waals surface area contributed by atoms with Crippen molar-refractivity contribution in [3.05, 3.63) is 83.6 Å². The van der Waals surface area contributed by atoms with Crippen molar-refractivity contribution in [3.8, 4) is 17.2 Å². The first-order valence-corrected chi connectivity index (χ1v) is 11.6. The van der Waals surface area contributed by atoms with Crippen LogP contribution < -0.4 is 16.2 Å². The van der Waals surface area contributed by atoms with Crippen molar-refractivity contribution in [2.24, 2.45) is 0 Å². The van der Waals surface area contributed by atoms with Crippen LogP contribution in [0.5, 0.6) is 11.5 Å². The van der Waals surface area contributed by atoms with Gasteiger partial charge in [-0.3, -0.25) is 13.9 Å². The average molecular weight is 486 g/mol. The number of nitrogens with zero attached hydrogens (tertiary/aromatic N) is 6. The Morgan fingerprint density at radius 2 is 1.78 bits per heavy atom. The van der Waals surface area contributed by atoms with Crippen LogP contribution in [-0.2, 0) is 4.79 Å². The predicted octanol–water partition coefficient (Wildman–Crippen LogP) is 2.46. The summed E-state index contributed by atoms with van der Waals surface area (Å²) < 4.78 is 8.99. The van der Waals surface area contributed by atoms with E-state index in [1.165, 1.54) is 10.9 Å². The molecule has 1 saturated heterocycles. The van der Waals surface area contributed by atoms with Crippen LogP contribution in [0, 0.1) is 0 Å². The van der Waals surface area contributed by atoms with Crippen LogP contribution >= 0.6 is 0 Å². The monoisotopic (exact) mass is 485 g/mol. The van der Waals surface area contributed by atoms with E-state index in [-0.39, 0.29) is 23.5 Å². The standard InChI is InChI=1S/C26H27N7O3/c1-30(2)14-6-9-22(34)31-15-19(16-31)33-25-23(24(27)28-17-29-25)32(26(33)35)18-10-12-21(13-11-18)36-20-7-4-3-5-8-20/h3-13,17,19H,14-16H2,1-2H3,(H2,27,28,29). The van der Waals surface area contributed by atoms with Crippen LogP contribution in [0.2, 0.25) is 0 Å². The molecule has 0 spiro atoms. The van der Waals surface area contributed by atoms with Gasteiger partial charge in [0.05, 0.1) is 11.7 Å². The summed E-state index contributed by atoms with van der Waals surface area (Å²) in [5.41, 5.74) is 7.41. The average Bonchev–Trinajstić information content (AvgIpc) is 3.12. The number of hydrogen-bond acceptors (Lipinski definition) is 7. The van der Waals surface area contributed by atoms with Crippen LogP contribution in [-0.4, -0.2) is 68.5 Å². The Balaban J connectivity index is 1.43. The minimum Gasteiger partial charge on any atom is -0.457 e. The number of likely N-dealkylation sites (tertiary alicyclic amines) is 1. The van der Waals surface area contributed by atoms with Crippen LogP contribution in [0.4, 0.5) is 5.82 Å². The molecule has 0 unspecified atom stereocenters. The fourth-order valence-electron chi connectivity index (χ4n) is 4.19. The largest absolute Gasteiger partial charge is 0.457 e. The Kier molecular flexibility index (Phi) is 6.26. The highest BCUT2D eigenvalue weighted by atomic mass is 16.5. The zero-order chi connectivity index (χ0) is 25.2. The first kappa shape index (κ1) is 23.3. The van der Waals surface area contributed by atoms with Gasteiger partial charge in [0.25, 0.3) is 0 Å². The van der Waals surface area contributed by atoms with E-state index in [2.05, 4.69) is 9.97 Å². The van der Waals surface area contributed by atoms with E-state index in [1.54, 1.807) is 39.8 Å². The van der Waals surface area contributed by atoms with Crippen LogP contribution in [0.1, 0.15) is 6.04 Å². The van der Waals surface area contributed by atoms with Gasteiger partial charge in [0.2, 0.25) is 5.91 Å². The van der Waals surface area contributed by atoms with E-state index in [9.17, 15) is 9.59 Å². The van der Waals surface area contributed by atoms with Gasteiger partial charge in [-0.15, -0.1) is 0 Å². The van der Waals surface area contributed by atoms with Crippen molar-refractivity contribution in [3.63, 3.8) is 0 Å². The molecule has 2 N–H and O–H groups in total. The zero-order valence-corrected chi connectivity index (χ0v) is 20.1. The summed E-state index contributed by atoms with van der Waals surface area (Å²) in [4.78, 5) is 38.2. The maximum absolute atomic E-state index is 13.6. The summed E-state index contributed by atoms with van der Waals surface area (Å²) in [5, 5.41) is 0. The summed E-state index contributed by atoms with van der Waals surface area (Å²) in [6, 6.07) is 16.4. The Hall–Kier alpha value is -4.44. The molecule has 2 aromatic carbocycles. The van der Waals surface area contributed by atoms with Crippen molar-refractivity contribution < 1.29 is 9.53 Å². The Labute approximate surface area is 207 Å². The Morgan fingerprint density at radius 1 is 1.08 bits per heavy atom. The lowest BCUT2D eigenvalue weighted by Gasteiger charge is -2.38. The molecular formula is C26H27N7O3. The van der Waals surface area contributed by atoms with Gasteiger partial charge in [-0.05, 0) is 50.5 Å². The molecule has 3 heterocycles. The molecule has 0 bridgehead atoms. The van der Waals surface area contributed by atoms with Gasteiger partial charge < -0.3 is 20.3 Å². The minimum absolute atomic E-state index is 0.0759. The topological polar surface area (TPSA) is 112 Å². The first-order valence-electron chi connectivity index (χ1n) is 11.6. The molecule has 10 nitrogen and oxygen atoms in total. The molecule has 36 heavy (non-hydrogen) atoms. The summed E-state index contributed by atoms with van der Waals surface area (Å²) in [6.07, 6.45) is 4.74. The maximum atomic E-state index is 13.6. The van der Waals surface area contributed by atoms with Gasteiger partial charge in [0, 0.05) is 25.7 Å². The second-order valence-electron chi connectivity index (χ2n) is 8.89. The van der Waals surface area contributed by atoms with Gasteiger partial charge >= 0.3 is 5.69 Å². The molecule has 10 heteroatoms. The van der Waals surface area contributed by atoms with Gasteiger partial charge in [-0.2, -0.15) is 0 Å². The third kappa shape index (κ3) is 4.46. The number of nitrogens with two attached hydrogens (primary N) is 1. The number of hydrogen-bond donors (Lipinski definition) is 1. The van der Waals surface area contributed by atoms with Crippen molar-refractivity contribution >= 4 is 22.9 Å². The molecule has 5 rings (SSSR count). The number of likely N-dealkylation sites (N-methyl/N-ethyl adjacent to an activating group) is 1. The molecule has 1 aliphatic heterocycles. The van der Waals surface area contributed by atoms with E-state index >= 15 is 0 Å². The molecule has 1 amide bonds. The lowest BCUT2D eigenvalue weighted by Crippen LogP contribution is -2.52. The number of carbonyl (C=O) groups is 1. The lowest BCUT2D eigenvalue weighted by molar-refractivity contribution is -0.131. The summed E-state index contributed by atoms with van der Waals surface area (Å²) in [6.45, 7) is 1.51. The number of benzene rings is 2. The van der Waals surface area contributed by atoms with Gasteiger partial charge in [0.15, 0.2) is 11.5 Å². The number of carbonyl (C=O) groups excluding carboxylic acids is 1. The van der Waals surface area contributed by atoms with E-state index in [0.29, 0.717) is 42.2 Å². The number of para-hydroxylation sites is 1. The Bertz CT molecular complexity index is 1470. The van der Waals surface area contributed by atoms with Crippen molar-refractivity contribution in [2.75, 3.05) is 39.5 Å². The summed E-state index contributed by atoms with van der Waals surface area (Å²) in [5.74, 6) is 1.49. The number of fused-ring (bicyclic) bond motifs is 1. The Morgan fingerprint density at radius 3 is 2.47 bits per heavy atom. The molecule has 1 aliphatic rings. The number of rotatable bonds is 7. The van der Waals surface area contributed by atoms with Gasteiger partial charge in [-0.1, -0.05) is 24.3 Å². The second-order valence-corrected chi connectivity index (χ2v) is 8.89. The molecule has 0 aliphatic carbocycles. The number of imidazole rings is 1. The predicted molar refractivity (Wildman–Crippen MR) is 137 cm³/mol. The third-order valence-electron chi connectivity index (χ3n) is 6.02. The molecule has 4 aromatic rings. The second kappa shape index (κ2) is 9.67. The zero-order valence-electron chi connectivity index (χ0n) is 20.1. The highest BCUT2D eigenvalue weighted by Crippen LogP contribution is 2.28. The highest BCUT2D eigenvalue weighted by molar-refractivity contribution is 5.88. The molecule has 0 radical (unpaired) electrons. The molecule has 184 valence electrons. The molecular weight excluding hydrogens is 458 g/mol. The lowest BCUT2D eigenvalue weighted by atomic mass is 10.1. The van der Waals surface area contributed by atoms with Crippen molar-refractivity contribution in [1.29, 1.82) is 0 Å². The van der Waals surface area contributed by atoms with Crippen LogP contribution in [0.15, 0.2) is 77.9 Å². The molecule has 1 fully saturated rings. The number of aromatic nitrogens is 4. The third-order valence-corrected chi connectivity index (χ3v) is 6.02. The number of ether oxygens (including phenoxy) is 1. The van der Waals surface area contributed by atoms with Crippen LogP contribution in [0.25, 0.3) is 16.9 Å². The fraction of sp³-hybridized carbons (Fsp3) is 0.231. The SMILES string of the molecule is CN(C)CC=CC(=O)N1CC(n2c(=O)n(-c3ccc(Oc4ccccc4)cc3)c3c(N)ncnc32)C1. The summed E-state index contributed by atoms with van der Waals surface area (Å²) >= 11 is 0. The van der Waals surface area contributed by atoms with E-state index in [0.717, 1.165) is 5.75 Å². The van der Waals surface area contributed by atoms with Crippen LogP contribution in [0.3, 0.4) is 0 Å². The van der Waals surface area contributed by atoms with E-state index < -0.39 is 0 Å². The van der Waals surface area contributed by atoms with E-state index in [4.69, 9.17) is 10.5 Å². The van der Waals surface area contributed by atoms with Gasteiger partial charge in [0.1, 0.15) is 23.3 Å².